The van der Waals surface area contributed by atoms with Crippen molar-refractivity contribution in [2.45, 2.75) is 45.1 Å². The van der Waals surface area contributed by atoms with Crippen LogP contribution in [-0.4, -0.2) is 30.9 Å². The summed E-state index contributed by atoms with van der Waals surface area (Å²) in [6, 6.07) is 16.5. The van der Waals surface area contributed by atoms with Crippen molar-refractivity contribution < 1.29 is 9.59 Å². The van der Waals surface area contributed by atoms with Crippen molar-refractivity contribution >= 4 is 28.9 Å². The van der Waals surface area contributed by atoms with Crippen LogP contribution in [0.4, 0.5) is 17.1 Å². The molecule has 4 rings (SSSR count). The maximum atomic E-state index is 11.8. The largest absolute Gasteiger partial charge is 0.372 e. The molecule has 2 amide bonds. The second kappa shape index (κ2) is 9.00. The molecule has 0 aliphatic carbocycles. The summed E-state index contributed by atoms with van der Waals surface area (Å²) in [5, 5.41) is 6.36. The fourth-order valence-corrected chi connectivity index (χ4v) is 4.69. The lowest BCUT2D eigenvalue weighted by molar-refractivity contribution is -0.124. The summed E-state index contributed by atoms with van der Waals surface area (Å²) in [5.74, 6) is -0.154. The first kappa shape index (κ1) is 21.2. The first-order valence-corrected chi connectivity index (χ1v) is 11.2. The van der Waals surface area contributed by atoms with Gasteiger partial charge in [0.05, 0.1) is 5.92 Å². The highest BCUT2D eigenvalue weighted by molar-refractivity contribution is 5.89. The molecule has 2 fully saturated rings. The van der Waals surface area contributed by atoms with Crippen molar-refractivity contribution in [3.63, 3.8) is 0 Å². The van der Waals surface area contributed by atoms with E-state index in [9.17, 15) is 9.59 Å². The monoisotopic (exact) mass is 420 g/mol. The highest BCUT2D eigenvalue weighted by Gasteiger charge is 2.39. The molecule has 0 radical (unpaired) electrons. The molecular weight excluding hydrogens is 388 g/mol. The zero-order chi connectivity index (χ0) is 22.0. The SMILES string of the molecule is CC1CCN(c2ccc(Nc3ccc(C(C)C4NC(=O)CC4C(N)=O)cc3)cc2)CC1. The van der Waals surface area contributed by atoms with Crippen LogP contribution >= 0.6 is 0 Å². The molecule has 6 nitrogen and oxygen atoms in total. The van der Waals surface area contributed by atoms with Gasteiger partial charge in [-0.15, -0.1) is 0 Å². The molecule has 0 bridgehead atoms. The first-order valence-electron chi connectivity index (χ1n) is 11.2. The highest BCUT2D eigenvalue weighted by atomic mass is 16.2. The van der Waals surface area contributed by atoms with Crippen LogP contribution in [0.2, 0.25) is 0 Å². The van der Waals surface area contributed by atoms with Crippen molar-refractivity contribution in [1.82, 2.24) is 5.32 Å². The summed E-state index contributed by atoms with van der Waals surface area (Å²) in [6.07, 6.45) is 2.70. The van der Waals surface area contributed by atoms with Crippen LogP contribution < -0.4 is 21.3 Å². The summed E-state index contributed by atoms with van der Waals surface area (Å²) in [4.78, 5) is 25.9. The molecule has 2 aliphatic heterocycles. The van der Waals surface area contributed by atoms with Crippen molar-refractivity contribution in [1.29, 1.82) is 0 Å². The number of hydrogen-bond donors (Lipinski definition) is 3. The first-order chi connectivity index (χ1) is 14.9. The predicted molar refractivity (Wildman–Crippen MR) is 124 cm³/mol. The van der Waals surface area contributed by atoms with Gasteiger partial charge in [-0.1, -0.05) is 26.0 Å². The van der Waals surface area contributed by atoms with Crippen LogP contribution in [0.25, 0.3) is 0 Å². The van der Waals surface area contributed by atoms with Crippen LogP contribution in [0.5, 0.6) is 0 Å². The summed E-state index contributed by atoms with van der Waals surface area (Å²) in [7, 11) is 0. The van der Waals surface area contributed by atoms with E-state index < -0.39 is 11.8 Å². The van der Waals surface area contributed by atoms with Crippen LogP contribution in [0.3, 0.4) is 0 Å². The van der Waals surface area contributed by atoms with E-state index in [1.54, 1.807) is 0 Å². The number of benzene rings is 2. The molecular formula is C25H32N4O2. The maximum Gasteiger partial charge on any atom is 0.223 e. The fraction of sp³-hybridized carbons (Fsp3) is 0.440. The molecule has 6 heteroatoms. The molecule has 4 N–H and O–H groups in total. The topological polar surface area (TPSA) is 87.5 Å². The van der Waals surface area contributed by atoms with Gasteiger partial charge in [0, 0.05) is 48.5 Å². The van der Waals surface area contributed by atoms with Crippen molar-refractivity contribution in [3.8, 4) is 0 Å². The number of piperidine rings is 1. The fourth-order valence-electron chi connectivity index (χ4n) is 4.69. The van der Waals surface area contributed by atoms with E-state index >= 15 is 0 Å². The number of amides is 2. The number of primary amides is 1. The van der Waals surface area contributed by atoms with Gasteiger partial charge in [-0.3, -0.25) is 9.59 Å². The Hall–Kier alpha value is -3.02. The Morgan fingerprint density at radius 2 is 1.65 bits per heavy atom. The molecule has 2 saturated heterocycles. The van der Waals surface area contributed by atoms with Gasteiger partial charge in [-0.2, -0.15) is 0 Å². The molecule has 31 heavy (non-hydrogen) atoms. The molecule has 0 spiro atoms. The highest BCUT2D eigenvalue weighted by Crippen LogP contribution is 2.31. The second-order valence-corrected chi connectivity index (χ2v) is 9.06. The van der Waals surface area contributed by atoms with Crippen molar-refractivity contribution in [2.75, 3.05) is 23.3 Å². The normalized spacial score (nSPS) is 22.8. The van der Waals surface area contributed by atoms with Crippen LogP contribution in [-0.2, 0) is 9.59 Å². The van der Waals surface area contributed by atoms with E-state index in [2.05, 4.69) is 46.7 Å². The predicted octanol–water partition coefficient (Wildman–Crippen LogP) is 3.76. The average molecular weight is 421 g/mol. The zero-order valence-electron chi connectivity index (χ0n) is 18.3. The van der Waals surface area contributed by atoms with E-state index in [4.69, 9.17) is 5.73 Å². The molecule has 3 unspecified atom stereocenters. The lowest BCUT2D eigenvalue weighted by Gasteiger charge is -2.32. The Labute approximate surface area is 184 Å². The van der Waals surface area contributed by atoms with Gasteiger partial charge in [0.2, 0.25) is 11.8 Å². The zero-order valence-corrected chi connectivity index (χ0v) is 18.3. The van der Waals surface area contributed by atoms with E-state index in [0.717, 1.165) is 35.9 Å². The standard InChI is InChI=1S/C25H32N4O2/c1-16-11-13-29(14-12-16)21-9-7-20(8-10-21)27-19-5-3-18(4-6-19)17(2)24-22(25(26)31)15-23(30)28-24/h3-10,16-17,22,24,27H,11-15H2,1-2H3,(H2,26,31)(H,28,30). The Kier molecular flexibility index (Phi) is 6.16. The molecule has 2 aromatic rings. The number of anilines is 3. The summed E-state index contributed by atoms with van der Waals surface area (Å²) >= 11 is 0. The molecule has 0 saturated carbocycles. The lowest BCUT2D eigenvalue weighted by atomic mass is 9.85. The minimum Gasteiger partial charge on any atom is -0.372 e. The molecule has 2 aromatic carbocycles. The molecule has 2 aliphatic rings. The van der Waals surface area contributed by atoms with Crippen LogP contribution in [0.1, 0.15) is 44.6 Å². The van der Waals surface area contributed by atoms with Crippen LogP contribution in [0, 0.1) is 11.8 Å². The summed E-state index contributed by atoms with van der Waals surface area (Å²) in [6.45, 7) is 6.61. The average Bonchev–Trinajstić information content (AvgIpc) is 3.17. The third-order valence-electron chi connectivity index (χ3n) is 6.81. The van der Waals surface area contributed by atoms with E-state index in [0.29, 0.717) is 0 Å². The second-order valence-electron chi connectivity index (χ2n) is 9.06. The molecule has 0 aromatic heterocycles. The minimum atomic E-state index is -0.457. The van der Waals surface area contributed by atoms with E-state index in [1.165, 1.54) is 18.5 Å². The number of nitrogens with two attached hydrogens (primary N) is 1. The van der Waals surface area contributed by atoms with Gasteiger partial charge in [0.1, 0.15) is 0 Å². The van der Waals surface area contributed by atoms with Crippen molar-refractivity contribution in [2.24, 2.45) is 17.6 Å². The smallest absolute Gasteiger partial charge is 0.223 e. The number of nitrogens with one attached hydrogen (secondary N) is 2. The Morgan fingerprint density at radius 3 is 2.23 bits per heavy atom. The third kappa shape index (κ3) is 4.84. The van der Waals surface area contributed by atoms with Gasteiger partial charge in [-0.25, -0.2) is 0 Å². The molecule has 164 valence electrons. The summed E-state index contributed by atoms with van der Waals surface area (Å²) in [5.41, 5.74) is 9.89. The number of rotatable bonds is 6. The van der Waals surface area contributed by atoms with Gasteiger partial charge < -0.3 is 21.3 Å². The van der Waals surface area contributed by atoms with E-state index in [1.807, 2.05) is 31.2 Å². The van der Waals surface area contributed by atoms with Gasteiger partial charge >= 0.3 is 0 Å². The van der Waals surface area contributed by atoms with Gasteiger partial charge in [0.25, 0.3) is 0 Å². The number of nitrogens with zero attached hydrogens (tertiary/aromatic N) is 1. The molecule has 3 atom stereocenters. The number of carbonyl (C=O) groups is 2. The van der Waals surface area contributed by atoms with E-state index in [-0.39, 0.29) is 24.3 Å². The Balaban J connectivity index is 1.38. The summed E-state index contributed by atoms with van der Waals surface area (Å²) < 4.78 is 0. The van der Waals surface area contributed by atoms with Crippen LogP contribution in [0.15, 0.2) is 48.5 Å². The minimum absolute atomic E-state index is 0.00421. The number of carbonyl (C=O) groups excluding carboxylic acids is 2. The Bertz CT molecular complexity index is 918. The maximum absolute atomic E-state index is 11.8. The Morgan fingerprint density at radius 1 is 1.06 bits per heavy atom. The third-order valence-corrected chi connectivity index (χ3v) is 6.81. The lowest BCUT2D eigenvalue weighted by Crippen LogP contribution is -2.39. The molecule has 2 heterocycles. The van der Waals surface area contributed by atoms with Crippen molar-refractivity contribution in [3.05, 3.63) is 54.1 Å². The number of hydrogen-bond acceptors (Lipinski definition) is 4. The van der Waals surface area contributed by atoms with Gasteiger partial charge in [0.15, 0.2) is 0 Å². The quantitative estimate of drug-likeness (QED) is 0.664. The van der Waals surface area contributed by atoms with Gasteiger partial charge in [-0.05, 0) is 60.7 Å².